The van der Waals surface area contributed by atoms with Crippen LogP contribution >= 0.6 is 15.9 Å². The van der Waals surface area contributed by atoms with E-state index in [4.69, 9.17) is 9.47 Å². The molecule has 0 bridgehead atoms. The van der Waals surface area contributed by atoms with Crippen LogP contribution in [-0.2, 0) is 17.8 Å². The molecule has 0 spiro atoms. The Kier molecular flexibility index (Phi) is 8.47. The predicted octanol–water partition coefficient (Wildman–Crippen LogP) is 5.30. The number of carbonyl (C=O) groups is 1. The molecule has 3 aromatic rings. The number of ether oxygens (including phenoxy) is 2. The molecule has 5 nitrogen and oxygen atoms in total. The van der Waals surface area contributed by atoms with Crippen molar-refractivity contribution >= 4 is 27.9 Å². The molecule has 0 unspecified atom stereocenters. The first-order valence-corrected chi connectivity index (χ1v) is 10.9. The zero-order valence-corrected chi connectivity index (χ0v) is 19.3. The number of methoxy groups -OCH3 is 1. The fourth-order valence-electron chi connectivity index (χ4n) is 3.07. The lowest BCUT2D eigenvalue weighted by Gasteiger charge is -2.14. The Labute approximate surface area is 196 Å². The van der Waals surface area contributed by atoms with Crippen molar-refractivity contribution in [2.24, 2.45) is 0 Å². The molecule has 0 heterocycles. The number of nitriles is 1. The van der Waals surface area contributed by atoms with Crippen LogP contribution in [0.1, 0.15) is 16.7 Å². The largest absolute Gasteiger partial charge is 0.493 e. The van der Waals surface area contributed by atoms with Crippen molar-refractivity contribution in [2.75, 3.05) is 13.7 Å². The van der Waals surface area contributed by atoms with Gasteiger partial charge in [-0.05, 0) is 57.2 Å². The highest BCUT2D eigenvalue weighted by atomic mass is 79.9. The smallest absolute Gasteiger partial charge is 0.261 e. The summed E-state index contributed by atoms with van der Waals surface area (Å²) in [5, 5.41) is 12.3. The lowest BCUT2D eigenvalue weighted by atomic mass is 10.1. The van der Waals surface area contributed by atoms with Gasteiger partial charge in [0.1, 0.15) is 18.2 Å². The van der Waals surface area contributed by atoms with E-state index >= 15 is 0 Å². The minimum Gasteiger partial charge on any atom is -0.493 e. The maximum Gasteiger partial charge on any atom is 0.261 e. The summed E-state index contributed by atoms with van der Waals surface area (Å²) in [5.74, 6) is 0.644. The second kappa shape index (κ2) is 11.7. The van der Waals surface area contributed by atoms with Gasteiger partial charge in [0.25, 0.3) is 5.91 Å². The summed E-state index contributed by atoms with van der Waals surface area (Å²) in [7, 11) is 1.55. The summed E-state index contributed by atoms with van der Waals surface area (Å²) < 4.78 is 12.1. The van der Waals surface area contributed by atoms with Gasteiger partial charge in [-0.15, -0.1) is 0 Å². The number of hydrogen-bond donors (Lipinski definition) is 1. The van der Waals surface area contributed by atoms with E-state index in [2.05, 4.69) is 21.2 Å². The molecule has 0 saturated heterocycles. The normalized spacial score (nSPS) is 10.8. The van der Waals surface area contributed by atoms with Crippen LogP contribution in [0, 0.1) is 11.3 Å². The SMILES string of the molecule is COc1cc(/C=C(/C#N)C(=O)NCCc2ccccc2)cc(Br)c1OCc1ccccc1. The number of amides is 1. The van der Waals surface area contributed by atoms with Crippen molar-refractivity contribution < 1.29 is 14.3 Å². The highest BCUT2D eigenvalue weighted by Crippen LogP contribution is 2.37. The molecule has 6 heteroatoms. The number of rotatable bonds is 9. The van der Waals surface area contributed by atoms with Gasteiger partial charge < -0.3 is 14.8 Å². The zero-order chi connectivity index (χ0) is 22.8. The van der Waals surface area contributed by atoms with Crippen molar-refractivity contribution in [3.8, 4) is 17.6 Å². The van der Waals surface area contributed by atoms with Crippen molar-refractivity contribution in [3.63, 3.8) is 0 Å². The Morgan fingerprint density at radius 3 is 2.34 bits per heavy atom. The van der Waals surface area contributed by atoms with E-state index in [1.165, 1.54) is 6.08 Å². The number of hydrogen-bond acceptors (Lipinski definition) is 4. The Morgan fingerprint density at radius 1 is 1.06 bits per heavy atom. The third kappa shape index (κ3) is 6.47. The van der Waals surface area contributed by atoms with Crippen molar-refractivity contribution in [1.29, 1.82) is 5.26 Å². The molecule has 0 aliphatic heterocycles. The van der Waals surface area contributed by atoms with Gasteiger partial charge in [0, 0.05) is 6.54 Å². The van der Waals surface area contributed by atoms with Gasteiger partial charge in [-0.25, -0.2) is 0 Å². The van der Waals surface area contributed by atoms with E-state index < -0.39 is 5.91 Å². The molecule has 0 fully saturated rings. The van der Waals surface area contributed by atoms with Crippen LogP contribution in [0.15, 0.2) is 82.8 Å². The second-order valence-electron chi connectivity index (χ2n) is 6.97. The van der Waals surface area contributed by atoms with Crippen LogP contribution in [0.4, 0.5) is 0 Å². The van der Waals surface area contributed by atoms with Gasteiger partial charge in [-0.1, -0.05) is 60.7 Å². The zero-order valence-electron chi connectivity index (χ0n) is 17.7. The quantitative estimate of drug-likeness (QED) is 0.326. The summed E-state index contributed by atoms with van der Waals surface area (Å²) in [4.78, 5) is 12.5. The van der Waals surface area contributed by atoms with Crippen LogP contribution in [-0.4, -0.2) is 19.6 Å². The summed E-state index contributed by atoms with van der Waals surface area (Å²) in [6, 6.07) is 25.2. The summed E-state index contributed by atoms with van der Waals surface area (Å²) in [6.07, 6.45) is 2.23. The van der Waals surface area contributed by atoms with Gasteiger partial charge >= 0.3 is 0 Å². The standard InChI is InChI=1S/C26H23BrN2O3/c1-31-24-16-21(15-23(27)25(24)32-18-20-10-6-3-7-11-20)14-22(17-28)26(30)29-13-12-19-8-4-2-5-9-19/h2-11,14-16H,12-13,18H2,1H3,(H,29,30)/b22-14-. The van der Waals surface area contributed by atoms with Gasteiger partial charge in [0.2, 0.25) is 0 Å². The Morgan fingerprint density at radius 2 is 1.72 bits per heavy atom. The Hall–Kier alpha value is -3.56. The molecule has 162 valence electrons. The Bertz CT molecular complexity index is 1120. The maximum atomic E-state index is 12.5. The van der Waals surface area contributed by atoms with Crippen LogP contribution in [0.2, 0.25) is 0 Å². The number of nitrogens with one attached hydrogen (secondary N) is 1. The molecule has 0 radical (unpaired) electrons. The number of benzene rings is 3. The molecule has 32 heavy (non-hydrogen) atoms. The number of halogens is 1. The highest BCUT2D eigenvalue weighted by molar-refractivity contribution is 9.10. The number of carbonyl (C=O) groups excluding carboxylic acids is 1. The molecular weight excluding hydrogens is 468 g/mol. The van der Waals surface area contributed by atoms with E-state index in [1.54, 1.807) is 19.2 Å². The van der Waals surface area contributed by atoms with Crippen LogP contribution in [0.3, 0.4) is 0 Å². The second-order valence-corrected chi connectivity index (χ2v) is 7.82. The van der Waals surface area contributed by atoms with Crippen molar-refractivity contribution in [3.05, 3.63) is 99.5 Å². The fourth-order valence-corrected chi connectivity index (χ4v) is 3.64. The van der Waals surface area contributed by atoms with Gasteiger partial charge in [-0.3, -0.25) is 4.79 Å². The molecule has 0 saturated carbocycles. The molecular formula is C26H23BrN2O3. The molecule has 3 rings (SSSR count). The van der Waals surface area contributed by atoms with Gasteiger partial charge in [-0.2, -0.15) is 5.26 Å². The molecule has 1 N–H and O–H groups in total. The van der Waals surface area contributed by atoms with Gasteiger partial charge in [0.05, 0.1) is 11.6 Å². The topological polar surface area (TPSA) is 71.3 Å². The number of nitrogens with zero attached hydrogens (tertiary/aromatic N) is 1. The van der Waals surface area contributed by atoms with Crippen molar-refractivity contribution in [2.45, 2.75) is 13.0 Å². The van der Waals surface area contributed by atoms with E-state index in [9.17, 15) is 10.1 Å². The first-order chi connectivity index (χ1) is 15.6. The predicted molar refractivity (Wildman–Crippen MR) is 128 cm³/mol. The summed E-state index contributed by atoms with van der Waals surface area (Å²) >= 11 is 3.51. The molecule has 0 atom stereocenters. The highest BCUT2D eigenvalue weighted by Gasteiger charge is 2.14. The van der Waals surface area contributed by atoms with Crippen LogP contribution in [0.25, 0.3) is 6.08 Å². The van der Waals surface area contributed by atoms with Gasteiger partial charge in [0.15, 0.2) is 11.5 Å². The summed E-state index contributed by atoms with van der Waals surface area (Å²) in [6.45, 7) is 0.833. The first-order valence-electron chi connectivity index (χ1n) is 10.1. The Balaban J connectivity index is 1.70. The lowest BCUT2D eigenvalue weighted by Crippen LogP contribution is -2.26. The van der Waals surface area contributed by atoms with E-state index in [0.717, 1.165) is 11.1 Å². The fraction of sp³-hybridized carbons (Fsp3) is 0.154. The average molecular weight is 491 g/mol. The third-order valence-corrected chi connectivity index (χ3v) is 5.28. The van der Waals surface area contributed by atoms with Crippen LogP contribution in [0.5, 0.6) is 11.5 Å². The van der Waals surface area contributed by atoms with Crippen molar-refractivity contribution in [1.82, 2.24) is 5.32 Å². The minimum atomic E-state index is -0.414. The molecule has 0 aliphatic carbocycles. The first kappa shape index (κ1) is 23.1. The third-order valence-electron chi connectivity index (χ3n) is 4.70. The molecule has 1 amide bonds. The minimum absolute atomic E-state index is 0.0185. The molecule has 3 aromatic carbocycles. The molecule has 0 aliphatic rings. The van der Waals surface area contributed by atoms with Crippen LogP contribution < -0.4 is 14.8 Å². The molecule has 0 aromatic heterocycles. The van der Waals surface area contributed by atoms with E-state index in [1.807, 2.05) is 66.7 Å². The van der Waals surface area contributed by atoms with E-state index in [-0.39, 0.29) is 5.57 Å². The monoisotopic (exact) mass is 490 g/mol. The average Bonchev–Trinajstić information content (AvgIpc) is 2.82. The maximum absolute atomic E-state index is 12.5. The van der Waals surface area contributed by atoms with E-state index in [0.29, 0.717) is 41.1 Å². The lowest BCUT2D eigenvalue weighted by molar-refractivity contribution is -0.117. The summed E-state index contributed by atoms with van der Waals surface area (Å²) in [5.41, 5.74) is 2.82.